The lowest BCUT2D eigenvalue weighted by molar-refractivity contribution is -0.126. The van der Waals surface area contributed by atoms with Gasteiger partial charge in [0.2, 0.25) is 11.8 Å². The molecule has 1 aliphatic heterocycles. The Kier molecular flexibility index (Phi) is 6.40. The molecule has 1 N–H and O–H groups in total. The summed E-state index contributed by atoms with van der Waals surface area (Å²) in [6, 6.07) is 7.28. The highest BCUT2D eigenvalue weighted by molar-refractivity contribution is 6.00. The van der Waals surface area contributed by atoms with E-state index >= 15 is 0 Å². The predicted molar refractivity (Wildman–Crippen MR) is 87.6 cm³/mol. The fourth-order valence-electron chi connectivity index (χ4n) is 2.57. The number of anilines is 1. The SMILES string of the molecule is CCOCCCNC(=O)[C@@H]1CC(=O)N(c2ccc(OC)cc2)C1. The van der Waals surface area contributed by atoms with Crippen molar-refractivity contribution in [2.45, 2.75) is 19.8 Å². The fourth-order valence-corrected chi connectivity index (χ4v) is 2.57. The highest BCUT2D eigenvalue weighted by atomic mass is 16.5. The van der Waals surface area contributed by atoms with E-state index in [2.05, 4.69) is 5.32 Å². The van der Waals surface area contributed by atoms with Crippen LogP contribution in [0.15, 0.2) is 24.3 Å². The van der Waals surface area contributed by atoms with Crippen molar-refractivity contribution in [2.24, 2.45) is 5.92 Å². The quantitative estimate of drug-likeness (QED) is 0.739. The van der Waals surface area contributed by atoms with Gasteiger partial charge in [0, 0.05) is 38.4 Å². The van der Waals surface area contributed by atoms with Crippen LogP contribution in [-0.2, 0) is 14.3 Å². The molecule has 1 saturated heterocycles. The van der Waals surface area contributed by atoms with Crippen molar-refractivity contribution in [1.82, 2.24) is 5.32 Å². The second-order valence-electron chi connectivity index (χ2n) is 5.44. The smallest absolute Gasteiger partial charge is 0.227 e. The van der Waals surface area contributed by atoms with E-state index in [0.29, 0.717) is 26.3 Å². The number of amides is 2. The normalized spacial score (nSPS) is 17.4. The number of benzene rings is 1. The Hall–Kier alpha value is -2.08. The molecule has 0 saturated carbocycles. The van der Waals surface area contributed by atoms with Crippen molar-refractivity contribution >= 4 is 17.5 Å². The molecular weight excluding hydrogens is 296 g/mol. The number of carbonyl (C=O) groups is 2. The standard InChI is InChI=1S/C17H24N2O4/c1-3-23-10-4-9-18-17(21)13-11-16(20)19(12-13)14-5-7-15(22-2)8-6-14/h5-8,13H,3-4,9-12H2,1-2H3,(H,18,21)/t13-/m1/s1. The van der Waals surface area contributed by atoms with Gasteiger partial charge in [-0.2, -0.15) is 0 Å². The minimum absolute atomic E-state index is 0.0235. The van der Waals surface area contributed by atoms with Gasteiger partial charge in [0.15, 0.2) is 0 Å². The van der Waals surface area contributed by atoms with Crippen molar-refractivity contribution in [3.63, 3.8) is 0 Å². The lowest BCUT2D eigenvalue weighted by Crippen LogP contribution is -2.33. The van der Waals surface area contributed by atoms with Crippen LogP contribution < -0.4 is 15.0 Å². The number of nitrogens with one attached hydrogen (secondary N) is 1. The van der Waals surface area contributed by atoms with Crippen LogP contribution in [-0.4, -0.2) is 45.2 Å². The molecule has 0 bridgehead atoms. The number of hydrogen-bond donors (Lipinski definition) is 1. The molecular formula is C17H24N2O4. The number of methoxy groups -OCH3 is 1. The third kappa shape index (κ3) is 4.69. The summed E-state index contributed by atoms with van der Waals surface area (Å²) in [5, 5.41) is 2.88. The maximum atomic E-state index is 12.2. The molecule has 0 aromatic heterocycles. The van der Waals surface area contributed by atoms with Gasteiger partial charge in [-0.3, -0.25) is 9.59 Å². The van der Waals surface area contributed by atoms with Crippen LogP contribution in [0.2, 0.25) is 0 Å². The third-order valence-electron chi connectivity index (χ3n) is 3.85. The number of ether oxygens (including phenoxy) is 2. The second kappa shape index (κ2) is 8.53. The first-order chi connectivity index (χ1) is 11.2. The van der Waals surface area contributed by atoms with Crippen molar-refractivity contribution < 1.29 is 19.1 Å². The summed E-state index contributed by atoms with van der Waals surface area (Å²) in [4.78, 5) is 26.0. The zero-order valence-corrected chi connectivity index (χ0v) is 13.7. The number of carbonyl (C=O) groups excluding carboxylic acids is 2. The van der Waals surface area contributed by atoms with E-state index in [1.54, 1.807) is 12.0 Å². The highest BCUT2D eigenvalue weighted by Gasteiger charge is 2.34. The van der Waals surface area contributed by atoms with Gasteiger partial charge >= 0.3 is 0 Å². The molecule has 2 rings (SSSR count). The summed E-state index contributed by atoms with van der Waals surface area (Å²) < 4.78 is 10.3. The average molecular weight is 320 g/mol. The maximum Gasteiger partial charge on any atom is 0.227 e. The molecule has 6 nitrogen and oxygen atoms in total. The van der Waals surface area contributed by atoms with E-state index in [1.165, 1.54) is 0 Å². The van der Waals surface area contributed by atoms with E-state index in [1.807, 2.05) is 31.2 Å². The van der Waals surface area contributed by atoms with E-state index in [-0.39, 0.29) is 24.2 Å². The number of hydrogen-bond acceptors (Lipinski definition) is 4. The monoisotopic (exact) mass is 320 g/mol. The van der Waals surface area contributed by atoms with E-state index in [0.717, 1.165) is 17.9 Å². The summed E-state index contributed by atoms with van der Waals surface area (Å²) >= 11 is 0. The number of nitrogens with zero attached hydrogens (tertiary/aromatic N) is 1. The molecule has 23 heavy (non-hydrogen) atoms. The van der Waals surface area contributed by atoms with Crippen LogP contribution in [0.1, 0.15) is 19.8 Å². The van der Waals surface area contributed by atoms with Gasteiger partial charge in [-0.15, -0.1) is 0 Å². The Morgan fingerprint density at radius 3 is 2.74 bits per heavy atom. The first-order valence-corrected chi connectivity index (χ1v) is 7.95. The lowest BCUT2D eigenvalue weighted by Gasteiger charge is -2.17. The van der Waals surface area contributed by atoms with E-state index in [4.69, 9.17) is 9.47 Å². The zero-order valence-electron chi connectivity index (χ0n) is 13.7. The molecule has 1 heterocycles. The topological polar surface area (TPSA) is 67.9 Å². The van der Waals surface area contributed by atoms with Gasteiger partial charge in [-0.1, -0.05) is 0 Å². The van der Waals surface area contributed by atoms with Crippen LogP contribution in [0.25, 0.3) is 0 Å². The molecule has 1 aromatic rings. The molecule has 0 unspecified atom stereocenters. The van der Waals surface area contributed by atoms with Gasteiger partial charge in [0.1, 0.15) is 5.75 Å². The largest absolute Gasteiger partial charge is 0.497 e. The fraction of sp³-hybridized carbons (Fsp3) is 0.529. The third-order valence-corrected chi connectivity index (χ3v) is 3.85. The molecule has 126 valence electrons. The molecule has 1 aliphatic rings. The summed E-state index contributed by atoms with van der Waals surface area (Å²) in [6.07, 6.45) is 1.03. The minimum Gasteiger partial charge on any atom is -0.497 e. The first-order valence-electron chi connectivity index (χ1n) is 7.95. The second-order valence-corrected chi connectivity index (χ2v) is 5.44. The van der Waals surface area contributed by atoms with Crippen molar-refractivity contribution in [3.8, 4) is 5.75 Å². The Morgan fingerprint density at radius 2 is 2.09 bits per heavy atom. The molecule has 2 amide bonds. The van der Waals surface area contributed by atoms with Gasteiger partial charge in [0.25, 0.3) is 0 Å². The van der Waals surface area contributed by atoms with Gasteiger partial charge in [-0.05, 0) is 37.6 Å². The first kappa shape index (κ1) is 17.3. The Labute approximate surface area is 136 Å². The van der Waals surface area contributed by atoms with Crippen LogP contribution in [0.5, 0.6) is 5.75 Å². The Morgan fingerprint density at radius 1 is 1.35 bits per heavy atom. The lowest BCUT2D eigenvalue weighted by atomic mass is 10.1. The molecule has 0 aliphatic carbocycles. The minimum atomic E-state index is -0.295. The summed E-state index contributed by atoms with van der Waals surface area (Å²) in [5.74, 6) is 0.358. The van der Waals surface area contributed by atoms with Crippen LogP contribution >= 0.6 is 0 Å². The predicted octanol–water partition coefficient (Wildman–Crippen LogP) is 1.59. The van der Waals surface area contributed by atoms with Crippen molar-refractivity contribution in [2.75, 3.05) is 38.3 Å². The molecule has 1 atom stereocenters. The van der Waals surface area contributed by atoms with Gasteiger partial charge in [-0.25, -0.2) is 0 Å². The Balaban J connectivity index is 1.84. The van der Waals surface area contributed by atoms with Crippen LogP contribution in [0.3, 0.4) is 0 Å². The molecule has 6 heteroatoms. The Bertz CT molecular complexity index is 530. The van der Waals surface area contributed by atoms with Gasteiger partial charge in [0.05, 0.1) is 13.0 Å². The summed E-state index contributed by atoms with van der Waals surface area (Å²) in [7, 11) is 1.60. The zero-order chi connectivity index (χ0) is 16.7. The summed E-state index contributed by atoms with van der Waals surface area (Å²) in [5.41, 5.74) is 0.794. The maximum absolute atomic E-state index is 12.2. The average Bonchev–Trinajstić information content (AvgIpc) is 2.96. The molecule has 1 fully saturated rings. The molecule has 0 spiro atoms. The van der Waals surface area contributed by atoms with Crippen LogP contribution in [0, 0.1) is 5.92 Å². The van der Waals surface area contributed by atoms with Gasteiger partial charge < -0.3 is 19.7 Å². The highest BCUT2D eigenvalue weighted by Crippen LogP contribution is 2.26. The van der Waals surface area contributed by atoms with E-state index < -0.39 is 0 Å². The molecule has 1 aromatic carbocycles. The van der Waals surface area contributed by atoms with Crippen molar-refractivity contribution in [1.29, 1.82) is 0 Å². The number of rotatable bonds is 8. The van der Waals surface area contributed by atoms with E-state index in [9.17, 15) is 9.59 Å². The summed E-state index contributed by atoms with van der Waals surface area (Å²) in [6.45, 7) is 4.26. The van der Waals surface area contributed by atoms with Crippen LogP contribution in [0.4, 0.5) is 5.69 Å². The molecule has 0 radical (unpaired) electrons. The van der Waals surface area contributed by atoms with Crippen molar-refractivity contribution in [3.05, 3.63) is 24.3 Å².